The average molecular weight is 469 g/mol. The summed E-state index contributed by atoms with van der Waals surface area (Å²) in [5.74, 6) is 0.941. The molecule has 0 radical (unpaired) electrons. The third-order valence-corrected chi connectivity index (χ3v) is 6.57. The van der Waals surface area contributed by atoms with Crippen LogP contribution in [-0.4, -0.2) is 20.5 Å². The fraction of sp³-hybridized carbons (Fsp3) is 0.276. The van der Waals surface area contributed by atoms with E-state index in [9.17, 15) is 9.59 Å². The van der Waals surface area contributed by atoms with Crippen molar-refractivity contribution in [3.05, 3.63) is 106 Å². The lowest BCUT2D eigenvalue weighted by atomic mass is 10.0. The number of para-hydroxylation sites is 1. The van der Waals surface area contributed by atoms with Gasteiger partial charge in [0.25, 0.3) is 5.56 Å². The standard InChI is InChI=1S/C29H32N4O2/c1-19(2)22-15-17-24(18-16-22)30-29(35)33(20(3)23-11-7-6-8-12-23)21(4)27-31-26-14-10-9-13-25(26)28(34)32(27)5/h6-21H,1-5H3,(H,30,35). The number of carbonyl (C=O) groups excluding carboxylic acids is 1. The van der Waals surface area contributed by atoms with Gasteiger partial charge < -0.3 is 10.2 Å². The fourth-order valence-electron chi connectivity index (χ4n) is 4.45. The van der Waals surface area contributed by atoms with Crippen LogP contribution in [0.25, 0.3) is 10.9 Å². The normalized spacial score (nSPS) is 13.0. The Morgan fingerprint density at radius 1 is 0.829 bits per heavy atom. The molecule has 4 rings (SSSR count). The van der Waals surface area contributed by atoms with Gasteiger partial charge in [-0.3, -0.25) is 9.36 Å². The topological polar surface area (TPSA) is 67.2 Å². The molecule has 0 bridgehead atoms. The van der Waals surface area contributed by atoms with Crippen molar-refractivity contribution in [2.75, 3.05) is 5.32 Å². The molecule has 3 aromatic carbocycles. The summed E-state index contributed by atoms with van der Waals surface area (Å²) < 4.78 is 1.54. The molecular formula is C29H32N4O2. The lowest BCUT2D eigenvalue weighted by Crippen LogP contribution is -2.41. The van der Waals surface area contributed by atoms with Crippen LogP contribution < -0.4 is 10.9 Å². The van der Waals surface area contributed by atoms with E-state index in [4.69, 9.17) is 4.98 Å². The van der Waals surface area contributed by atoms with Crippen molar-refractivity contribution in [3.8, 4) is 0 Å². The Balaban J connectivity index is 1.74. The van der Waals surface area contributed by atoms with Crippen molar-refractivity contribution in [1.29, 1.82) is 0 Å². The van der Waals surface area contributed by atoms with E-state index in [1.807, 2.05) is 86.6 Å². The number of rotatable bonds is 6. The maximum absolute atomic E-state index is 13.7. The van der Waals surface area contributed by atoms with Crippen LogP contribution in [0.3, 0.4) is 0 Å². The van der Waals surface area contributed by atoms with Crippen LogP contribution in [0.4, 0.5) is 10.5 Å². The zero-order valence-electron chi connectivity index (χ0n) is 20.9. The van der Waals surface area contributed by atoms with Gasteiger partial charge in [0.15, 0.2) is 0 Å². The summed E-state index contributed by atoms with van der Waals surface area (Å²) in [5.41, 5.74) is 3.41. The summed E-state index contributed by atoms with van der Waals surface area (Å²) in [6, 6.07) is 24.1. The van der Waals surface area contributed by atoms with Gasteiger partial charge in [-0.1, -0.05) is 68.4 Å². The zero-order valence-corrected chi connectivity index (χ0v) is 20.9. The van der Waals surface area contributed by atoms with Gasteiger partial charge in [0.1, 0.15) is 5.82 Å². The molecule has 1 N–H and O–H groups in total. The number of fused-ring (bicyclic) bond motifs is 1. The summed E-state index contributed by atoms with van der Waals surface area (Å²) in [6.45, 7) is 8.18. The van der Waals surface area contributed by atoms with Crippen molar-refractivity contribution in [2.24, 2.45) is 7.05 Å². The zero-order chi connectivity index (χ0) is 25.1. The van der Waals surface area contributed by atoms with Crippen molar-refractivity contribution < 1.29 is 4.79 Å². The van der Waals surface area contributed by atoms with Crippen molar-refractivity contribution in [3.63, 3.8) is 0 Å². The molecule has 1 aromatic heterocycles. The number of aromatic nitrogens is 2. The minimum Gasteiger partial charge on any atom is -0.308 e. The third kappa shape index (κ3) is 4.97. The second-order valence-corrected chi connectivity index (χ2v) is 9.23. The summed E-state index contributed by atoms with van der Waals surface area (Å²) in [6.07, 6.45) is 0. The van der Waals surface area contributed by atoms with Gasteiger partial charge in [-0.25, -0.2) is 9.78 Å². The van der Waals surface area contributed by atoms with Crippen molar-refractivity contribution in [2.45, 2.75) is 45.7 Å². The average Bonchev–Trinajstić information content (AvgIpc) is 2.87. The summed E-state index contributed by atoms with van der Waals surface area (Å²) in [4.78, 5) is 33.3. The number of hydrogen-bond donors (Lipinski definition) is 1. The van der Waals surface area contributed by atoms with E-state index in [-0.39, 0.29) is 17.6 Å². The van der Waals surface area contributed by atoms with Crippen molar-refractivity contribution in [1.82, 2.24) is 14.5 Å². The van der Waals surface area contributed by atoms with Gasteiger partial charge in [0.05, 0.1) is 23.0 Å². The maximum atomic E-state index is 13.7. The fourth-order valence-corrected chi connectivity index (χ4v) is 4.45. The molecule has 0 fully saturated rings. The van der Waals surface area contributed by atoms with Crippen LogP contribution in [-0.2, 0) is 7.05 Å². The first-order valence-electron chi connectivity index (χ1n) is 12.0. The Morgan fingerprint density at radius 3 is 2.11 bits per heavy atom. The second kappa shape index (κ2) is 10.1. The summed E-state index contributed by atoms with van der Waals surface area (Å²) in [5, 5.41) is 3.61. The second-order valence-electron chi connectivity index (χ2n) is 9.23. The van der Waals surface area contributed by atoms with E-state index in [2.05, 4.69) is 19.2 Å². The van der Waals surface area contributed by atoms with Gasteiger partial charge in [0.2, 0.25) is 0 Å². The van der Waals surface area contributed by atoms with Crippen LogP contribution in [0.5, 0.6) is 0 Å². The summed E-state index contributed by atoms with van der Waals surface area (Å²) in [7, 11) is 1.71. The van der Waals surface area contributed by atoms with Crippen LogP contribution in [0, 0.1) is 0 Å². The van der Waals surface area contributed by atoms with Crippen LogP contribution in [0.2, 0.25) is 0 Å². The molecule has 0 aliphatic rings. The highest BCUT2D eigenvalue weighted by Gasteiger charge is 2.30. The Hall–Kier alpha value is -3.93. The molecule has 4 aromatic rings. The van der Waals surface area contributed by atoms with Gasteiger partial charge in [-0.05, 0) is 55.2 Å². The van der Waals surface area contributed by atoms with E-state index < -0.39 is 6.04 Å². The molecule has 2 amide bonds. The smallest absolute Gasteiger partial charge is 0.308 e. The van der Waals surface area contributed by atoms with E-state index >= 15 is 0 Å². The lowest BCUT2D eigenvalue weighted by molar-refractivity contribution is 0.162. The number of carbonyl (C=O) groups is 1. The molecule has 0 saturated carbocycles. The molecule has 6 heteroatoms. The molecule has 0 aliphatic carbocycles. The minimum absolute atomic E-state index is 0.130. The van der Waals surface area contributed by atoms with E-state index in [0.717, 1.165) is 11.3 Å². The first kappa shape index (κ1) is 24.2. The number of nitrogens with one attached hydrogen (secondary N) is 1. The Morgan fingerprint density at radius 2 is 1.46 bits per heavy atom. The lowest BCUT2D eigenvalue weighted by Gasteiger charge is -2.35. The molecule has 35 heavy (non-hydrogen) atoms. The summed E-state index contributed by atoms with van der Waals surface area (Å²) >= 11 is 0. The van der Waals surface area contributed by atoms with Crippen LogP contribution >= 0.6 is 0 Å². The third-order valence-electron chi connectivity index (χ3n) is 6.57. The largest absolute Gasteiger partial charge is 0.322 e. The number of hydrogen-bond acceptors (Lipinski definition) is 3. The first-order valence-corrected chi connectivity index (χ1v) is 12.0. The molecule has 2 atom stereocenters. The van der Waals surface area contributed by atoms with Gasteiger partial charge in [0, 0.05) is 12.7 Å². The molecule has 0 spiro atoms. The predicted molar refractivity (Wildman–Crippen MR) is 142 cm³/mol. The minimum atomic E-state index is -0.470. The van der Waals surface area contributed by atoms with Gasteiger partial charge >= 0.3 is 6.03 Å². The molecule has 0 saturated heterocycles. The van der Waals surface area contributed by atoms with Crippen LogP contribution in [0.1, 0.15) is 62.6 Å². The molecule has 6 nitrogen and oxygen atoms in total. The van der Waals surface area contributed by atoms with Crippen LogP contribution in [0.15, 0.2) is 83.7 Å². The van der Waals surface area contributed by atoms with Gasteiger partial charge in [-0.15, -0.1) is 0 Å². The number of nitrogens with zero attached hydrogens (tertiary/aromatic N) is 3. The monoisotopic (exact) mass is 468 g/mol. The molecular weight excluding hydrogens is 436 g/mol. The Bertz CT molecular complexity index is 1380. The number of benzene rings is 3. The Kier molecular flexibility index (Phi) is 7.01. The highest BCUT2D eigenvalue weighted by molar-refractivity contribution is 5.90. The van der Waals surface area contributed by atoms with Crippen molar-refractivity contribution >= 4 is 22.6 Å². The quantitative estimate of drug-likeness (QED) is 0.355. The van der Waals surface area contributed by atoms with E-state index in [1.165, 1.54) is 5.56 Å². The molecule has 0 aliphatic heterocycles. The predicted octanol–water partition coefficient (Wildman–Crippen LogP) is 6.41. The molecule has 1 heterocycles. The Labute approximate surface area is 206 Å². The number of amides is 2. The van der Waals surface area contributed by atoms with E-state index in [0.29, 0.717) is 22.6 Å². The first-order chi connectivity index (χ1) is 16.8. The maximum Gasteiger partial charge on any atom is 0.322 e. The number of anilines is 1. The highest BCUT2D eigenvalue weighted by Crippen LogP contribution is 2.31. The molecule has 2 unspecified atom stereocenters. The van der Waals surface area contributed by atoms with Gasteiger partial charge in [-0.2, -0.15) is 0 Å². The molecule has 180 valence electrons. The number of urea groups is 1. The van der Waals surface area contributed by atoms with E-state index in [1.54, 1.807) is 22.6 Å². The SMILES string of the molecule is CC(C)c1ccc(NC(=O)N(C(C)c2ccccc2)C(C)c2nc3ccccc3c(=O)n2C)cc1. The highest BCUT2D eigenvalue weighted by atomic mass is 16.2.